The molecule has 0 aliphatic carbocycles. The van der Waals surface area contributed by atoms with Crippen molar-refractivity contribution in [1.29, 1.82) is 0 Å². The molecule has 4 nitrogen and oxygen atoms in total. The summed E-state index contributed by atoms with van der Waals surface area (Å²) in [5.74, 6) is 0.636. The van der Waals surface area contributed by atoms with Crippen molar-refractivity contribution in [3.63, 3.8) is 0 Å². The molecule has 16 heavy (non-hydrogen) atoms. The minimum absolute atomic E-state index is 0.0107. The monoisotopic (exact) mass is 226 g/mol. The summed E-state index contributed by atoms with van der Waals surface area (Å²) in [5.41, 5.74) is 0.272. The molecule has 1 rings (SSSR count). The van der Waals surface area contributed by atoms with E-state index in [0.717, 1.165) is 5.56 Å². The van der Waals surface area contributed by atoms with Gasteiger partial charge >= 0.3 is 0 Å². The molecule has 0 aromatic carbocycles. The van der Waals surface area contributed by atoms with Gasteiger partial charge in [0.2, 0.25) is 5.88 Å². The van der Waals surface area contributed by atoms with Crippen LogP contribution in [0.3, 0.4) is 0 Å². The SMILES string of the molecule is COc1nn(CC(C)(C)O)cc1C(C)(C)C. The summed E-state index contributed by atoms with van der Waals surface area (Å²) in [5, 5.41) is 14.1. The van der Waals surface area contributed by atoms with Crippen LogP contribution in [0.1, 0.15) is 40.2 Å². The Morgan fingerprint density at radius 1 is 1.31 bits per heavy atom. The first-order valence-electron chi connectivity index (χ1n) is 5.48. The van der Waals surface area contributed by atoms with Crippen molar-refractivity contribution in [2.45, 2.75) is 52.2 Å². The zero-order chi connectivity index (χ0) is 12.6. The van der Waals surface area contributed by atoms with Crippen molar-refractivity contribution in [3.8, 4) is 5.88 Å². The molecule has 0 unspecified atom stereocenters. The van der Waals surface area contributed by atoms with Gasteiger partial charge in [-0.25, -0.2) is 0 Å². The highest BCUT2D eigenvalue weighted by molar-refractivity contribution is 5.30. The van der Waals surface area contributed by atoms with Crippen molar-refractivity contribution in [1.82, 2.24) is 9.78 Å². The number of aliphatic hydroxyl groups is 1. The summed E-state index contributed by atoms with van der Waals surface area (Å²) in [6, 6.07) is 0. The molecule has 1 aromatic rings. The fourth-order valence-corrected chi connectivity index (χ4v) is 1.55. The Labute approximate surface area is 97.2 Å². The molecule has 0 radical (unpaired) electrons. The predicted molar refractivity (Wildman–Crippen MR) is 63.8 cm³/mol. The highest BCUT2D eigenvalue weighted by atomic mass is 16.5. The Morgan fingerprint density at radius 3 is 2.19 bits per heavy atom. The van der Waals surface area contributed by atoms with Gasteiger partial charge in [0.15, 0.2) is 0 Å². The van der Waals surface area contributed by atoms with Gasteiger partial charge < -0.3 is 9.84 Å². The normalized spacial score (nSPS) is 12.9. The van der Waals surface area contributed by atoms with Crippen LogP contribution in [0, 0.1) is 0 Å². The molecule has 0 bridgehead atoms. The Kier molecular flexibility index (Phi) is 3.33. The molecule has 92 valence electrons. The summed E-state index contributed by atoms with van der Waals surface area (Å²) in [4.78, 5) is 0. The van der Waals surface area contributed by atoms with E-state index in [4.69, 9.17) is 4.74 Å². The molecule has 0 aliphatic rings. The second-order valence-corrected chi connectivity index (χ2v) is 5.81. The standard InChI is InChI=1S/C12H22N2O2/c1-11(2,3)9-7-14(8-12(4,5)15)13-10(9)16-6/h7,15H,8H2,1-6H3. The van der Waals surface area contributed by atoms with Crippen LogP contribution in [-0.2, 0) is 12.0 Å². The Bertz CT molecular complexity index is 356. The lowest BCUT2D eigenvalue weighted by Crippen LogP contribution is -2.26. The second kappa shape index (κ2) is 4.09. The van der Waals surface area contributed by atoms with Crippen molar-refractivity contribution in [2.75, 3.05) is 7.11 Å². The van der Waals surface area contributed by atoms with Gasteiger partial charge in [-0.2, -0.15) is 0 Å². The summed E-state index contributed by atoms with van der Waals surface area (Å²) in [6.45, 7) is 10.3. The first-order chi connectivity index (χ1) is 7.13. The van der Waals surface area contributed by atoms with E-state index in [-0.39, 0.29) is 5.41 Å². The van der Waals surface area contributed by atoms with Crippen LogP contribution in [0.5, 0.6) is 5.88 Å². The molecule has 0 fully saturated rings. The largest absolute Gasteiger partial charge is 0.480 e. The minimum atomic E-state index is -0.772. The molecule has 0 spiro atoms. The van der Waals surface area contributed by atoms with E-state index in [1.807, 2.05) is 6.20 Å². The maximum atomic E-state index is 9.75. The van der Waals surface area contributed by atoms with Crippen molar-refractivity contribution in [3.05, 3.63) is 11.8 Å². The first-order valence-corrected chi connectivity index (χ1v) is 5.48. The molecule has 1 N–H and O–H groups in total. The van der Waals surface area contributed by atoms with Crippen molar-refractivity contribution < 1.29 is 9.84 Å². The fraction of sp³-hybridized carbons (Fsp3) is 0.750. The Hall–Kier alpha value is -1.03. The zero-order valence-corrected chi connectivity index (χ0v) is 11.0. The Balaban J connectivity index is 3.04. The summed E-state index contributed by atoms with van der Waals surface area (Å²) in [6.07, 6.45) is 1.94. The quantitative estimate of drug-likeness (QED) is 0.857. The molecule has 0 saturated heterocycles. The highest BCUT2D eigenvalue weighted by Gasteiger charge is 2.24. The maximum Gasteiger partial charge on any atom is 0.236 e. The van der Waals surface area contributed by atoms with E-state index in [0.29, 0.717) is 12.4 Å². The maximum absolute atomic E-state index is 9.75. The van der Waals surface area contributed by atoms with Gasteiger partial charge in [0.05, 0.1) is 19.3 Å². The fourth-order valence-electron chi connectivity index (χ4n) is 1.55. The van der Waals surface area contributed by atoms with Crippen LogP contribution in [-0.4, -0.2) is 27.6 Å². The number of nitrogens with zero attached hydrogens (tertiary/aromatic N) is 2. The number of ether oxygens (including phenoxy) is 1. The molecule has 0 aliphatic heterocycles. The van der Waals surface area contributed by atoms with E-state index < -0.39 is 5.60 Å². The van der Waals surface area contributed by atoms with E-state index in [1.54, 1.807) is 25.6 Å². The van der Waals surface area contributed by atoms with Crippen molar-refractivity contribution in [2.24, 2.45) is 0 Å². The summed E-state index contributed by atoms with van der Waals surface area (Å²) in [7, 11) is 1.62. The average molecular weight is 226 g/mol. The van der Waals surface area contributed by atoms with Gasteiger partial charge in [-0.15, -0.1) is 5.10 Å². The van der Waals surface area contributed by atoms with Crippen LogP contribution >= 0.6 is 0 Å². The van der Waals surface area contributed by atoms with Crippen molar-refractivity contribution >= 4 is 0 Å². The van der Waals surface area contributed by atoms with Gasteiger partial charge in [0.25, 0.3) is 0 Å². The van der Waals surface area contributed by atoms with E-state index in [9.17, 15) is 5.11 Å². The van der Waals surface area contributed by atoms with Gasteiger partial charge in [0.1, 0.15) is 0 Å². The molecular weight excluding hydrogens is 204 g/mol. The zero-order valence-electron chi connectivity index (χ0n) is 11.0. The third kappa shape index (κ3) is 3.23. The van der Waals surface area contributed by atoms with E-state index >= 15 is 0 Å². The van der Waals surface area contributed by atoms with Crippen LogP contribution in [0.15, 0.2) is 6.20 Å². The van der Waals surface area contributed by atoms with Gasteiger partial charge in [-0.3, -0.25) is 4.68 Å². The third-order valence-electron chi connectivity index (χ3n) is 2.28. The van der Waals surface area contributed by atoms with Gasteiger partial charge in [-0.1, -0.05) is 20.8 Å². The Morgan fingerprint density at radius 2 is 1.88 bits per heavy atom. The molecule has 4 heteroatoms. The number of hydrogen-bond acceptors (Lipinski definition) is 3. The van der Waals surface area contributed by atoms with Gasteiger partial charge in [0, 0.05) is 11.8 Å². The summed E-state index contributed by atoms with van der Waals surface area (Å²) >= 11 is 0. The number of hydrogen-bond donors (Lipinski definition) is 1. The lowest BCUT2D eigenvalue weighted by molar-refractivity contribution is 0.0574. The number of rotatable bonds is 3. The number of aromatic nitrogens is 2. The van der Waals surface area contributed by atoms with Crippen LogP contribution in [0.4, 0.5) is 0 Å². The second-order valence-electron chi connectivity index (χ2n) is 5.81. The van der Waals surface area contributed by atoms with Crippen LogP contribution in [0.25, 0.3) is 0 Å². The molecule has 0 atom stereocenters. The third-order valence-corrected chi connectivity index (χ3v) is 2.28. The molecule has 0 amide bonds. The first kappa shape index (κ1) is 13.0. The highest BCUT2D eigenvalue weighted by Crippen LogP contribution is 2.30. The topological polar surface area (TPSA) is 47.3 Å². The molecule has 1 heterocycles. The summed E-state index contributed by atoms with van der Waals surface area (Å²) < 4.78 is 6.99. The van der Waals surface area contributed by atoms with Crippen LogP contribution in [0.2, 0.25) is 0 Å². The van der Waals surface area contributed by atoms with E-state index in [1.165, 1.54) is 0 Å². The lowest BCUT2D eigenvalue weighted by atomic mass is 9.89. The van der Waals surface area contributed by atoms with E-state index in [2.05, 4.69) is 25.9 Å². The minimum Gasteiger partial charge on any atom is -0.480 e. The number of methoxy groups -OCH3 is 1. The lowest BCUT2D eigenvalue weighted by Gasteiger charge is -2.17. The van der Waals surface area contributed by atoms with Crippen LogP contribution < -0.4 is 4.74 Å². The molecule has 1 aromatic heterocycles. The molecular formula is C12H22N2O2. The van der Waals surface area contributed by atoms with Gasteiger partial charge in [-0.05, 0) is 19.3 Å². The smallest absolute Gasteiger partial charge is 0.236 e. The average Bonchev–Trinajstić information content (AvgIpc) is 2.43. The predicted octanol–water partition coefficient (Wildman–Crippen LogP) is 1.96. The molecule has 0 saturated carbocycles.